The van der Waals surface area contributed by atoms with Crippen LogP contribution in [-0.2, 0) is 6.54 Å². The van der Waals surface area contributed by atoms with Crippen LogP contribution in [0.15, 0.2) is 53.1 Å². The average Bonchev–Trinajstić information content (AvgIpc) is 3.11. The number of halogens is 1. The Hall–Kier alpha value is -2.57. The molecule has 0 aliphatic rings. The lowest BCUT2D eigenvalue weighted by Crippen LogP contribution is -2.22. The number of aliphatic hydroxyl groups excluding tert-OH is 1. The van der Waals surface area contributed by atoms with Crippen LogP contribution in [0.5, 0.6) is 0 Å². The van der Waals surface area contributed by atoms with E-state index in [1.54, 1.807) is 19.1 Å². The minimum absolute atomic E-state index is 0.0154. The third kappa shape index (κ3) is 4.29. The number of rotatable bonds is 7. The van der Waals surface area contributed by atoms with Crippen LogP contribution in [0.3, 0.4) is 0 Å². The highest BCUT2D eigenvalue weighted by Gasteiger charge is 2.14. The fourth-order valence-corrected chi connectivity index (χ4v) is 2.59. The second-order valence-electron chi connectivity index (χ2n) is 5.83. The van der Waals surface area contributed by atoms with Gasteiger partial charge in [0.15, 0.2) is 0 Å². The molecule has 0 bridgehead atoms. The van der Waals surface area contributed by atoms with Gasteiger partial charge in [0.2, 0.25) is 11.7 Å². The third-order valence-corrected chi connectivity index (χ3v) is 4.02. The van der Waals surface area contributed by atoms with Crippen molar-refractivity contribution in [1.29, 1.82) is 0 Å². The lowest BCUT2D eigenvalue weighted by atomic mass is 10.0. The van der Waals surface area contributed by atoms with Gasteiger partial charge in [-0.05, 0) is 30.5 Å². The molecule has 1 aromatic heterocycles. The molecule has 2 N–H and O–H groups in total. The van der Waals surface area contributed by atoms with Gasteiger partial charge < -0.3 is 14.9 Å². The first-order valence-electron chi connectivity index (χ1n) is 8.15. The second kappa shape index (κ2) is 8.00. The molecule has 1 heterocycles. The highest BCUT2D eigenvalue weighted by atomic mass is 19.1. The van der Waals surface area contributed by atoms with Crippen molar-refractivity contribution in [2.75, 3.05) is 6.61 Å². The summed E-state index contributed by atoms with van der Waals surface area (Å²) in [6.45, 7) is 2.14. The number of aliphatic hydroxyl groups is 1. The molecule has 0 amide bonds. The number of hydrogen-bond donors (Lipinski definition) is 2. The molecule has 0 spiro atoms. The van der Waals surface area contributed by atoms with Crippen LogP contribution in [0.2, 0.25) is 0 Å². The quantitative estimate of drug-likeness (QED) is 0.689. The minimum Gasteiger partial charge on any atom is -0.396 e. The molecule has 1 atom stereocenters. The maximum atomic E-state index is 13.7. The Morgan fingerprint density at radius 2 is 2.00 bits per heavy atom. The third-order valence-electron chi connectivity index (χ3n) is 4.02. The average molecular weight is 341 g/mol. The molecule has 0 saturated carbocycles. The molecule has 0 radical (unpaired) electrons. The second-order valence-corrected chi connectivity index (χ2v) is 5.83. The number of aryl methyl sites for hydroxylation is 1. The zero-order valence-corrected chi connectivity index (χ0v) is 13.9. The summed E-state index contributed by atoms with van der Waals surface area (Å²) >= 11 is 0. The smallest absolute Gasteiger partial charge is 0.240 e. The van der Waals surface area contributed by atoms with Crippen molar-refractivity contribution in [3.63, 3.8) is 0 Å². The van der Waals surface area contributed by atoms with Crippen molar-refractivity contribution in [2.45, 2.75) is 25.9 Å². The van der Waals surface area contributed by atoms with E-state index in [2.05, 4.69) is 15.5 Å². The first-order valence-corrected chi connectivity index (χ1v) is 8.15. The van der Waals surface area contributed by atoms with E-state index in [-0.39, 0.29) is 18.5 Å². The standard InChI is InChI=1S/C19H20FN3O2/c1-13-7-8-15(11-16(13)20)19-22-18(25-23-19)12-21-17(9-10-24)14-5-3-2-4-6-14/h2-8,11,17,21,24H,9-10,12H2,1H3. The van der Waals surface area contributed by atoms with Gasteiger partial charge >= 0.3 is 0 Å². The number of nitrogens with zero attached hydrogens (tertiary/aromatic N) is 2. The summed E-state index contributed by atoms with van der Waals surface area (Å²) in [4.78, 5) is 4.31. The molecule has 0 fully saturated rings. The van der Waals surface area contributed by atoms with Crippen LogP contribution in [0.1, 0.15) is 29.5 Å². The van der Waals surface area contributed by atoms with Crippen molar-refractivity contribution in [2.24, 2.45) is 0 Å². The van der Waals surface area contributed by atoms with Crippen molar-refractivity contribution >= 4 is 0 Å². The van der Waals surface area contributed by atoms with Gasteiger partial charge in [0.1, 0.15) is 5.82 Å². The molecule has 1 unspecified atom stereocenters. The summed E-state index contributed by atoms with van der Waals surface area (Å²) in [6.07, 6.45) is 0.578. The zero-order chi connectivity index (χ0) is 17.6. The lowest BCUT2D eigenvalue weighted by molar-refractivity contribution is 0.261. The SMILES string of the molecule is Cc1ccc(-c2noc(CNC(CCO)c3ccccc3)n2)cc1F. The molecule has 0 aliphatic carbocycles. The fraction of sp³-hybridized carbons (Fsp3) is 0.263. The Kier molecular flexibility index (Phi) is 5.53. The van der Waals surface area contributed by atoms with Gasteiger partial charge in [-0.1, -0.05) is 47.6 Å². The molecule has 2 aromatic carbocycles. The molecule has 25 heavy (non-hydrogen) atoms. The Labute approximate surface area is 145 Å². The van der Waals surface area contributed by atoms with E-state index in [4.69, 9.17) is 4.52 Å². The minimum atomic E-state index is -0.297. The summed E-state index contributed by atoms with van der Waals surface area (Å²) in [7, 11) is 0. The molecule has 3 aromatic rings. The summed E-state index contributed by atoms with van der Waals surface area (Å²) in [5, 5.41) is 16.5. The highest BCUT2D eigenvalue weighted by molar-refractivity contribution is 5.54. The van der Waals surface area contributed by atoms with Crippen LogP contribution in [0, 0.1) is 12.7 Å². The monoisotopic (exact) mass is 341 g/mol. The largest absolute Gasteiger partial charge is 0.396 e. The maximum Gasteiger partial charge on any atom is 0.240 e. The maximum absolute atomic E-state index is 13.7. The first-order chi connectivity index (χ1) is 12.2. The fourth-order valence-electron chi connectivity index (χ4n) is 2.59. The van der Waals surface area contributed by atoms with Crippen molar-refractivity contribution in [1.82, 2.24) is 15.5 Å². The van der Waals surface area contributed by atoms with Crippen LogP contribution in [0.25, 0.3) is 11.4 Å². The Morgan fingerprint density at radius 1 is 1.20 bits per heavy atom. The van der Waals surface area contributed by atoms with E-state index < -0.39 is 0 Å². The van der Waals surface area contributed by atoms with Crippen molar-refractivity contribution in [3.8, 4) is 11.4 Å². The molecule has 0 saturated heterocycles. The topological polar surface area (TPSA) is 71.2 Å². The van der Waals surface area contributed by atoms with Crippen LogP contribution < -0.4 is 5.32 Å². The molecule has 130 valence electrons. The van der Waals surface area contributed by atoms with E-state index >= 15 is 0 Å². The number of benzene rings is 2. The van der Waals surface area contributed by atoms with Gasteiger partial charge in [-0.2, -0.15) is 4.98 Å². The molecule has 5 nitrogen and oxygen atoms in total. The zero-order valence-electron chi connectivity index (χ0n) is 13.9. The number of aromatic nitrogens is 2. The van der Waals surface area contributed by atoms with E-state index in [1.807, 2.05) is 30.3 Å². The van der Waals surface area contributed by atoms with Gasteiger partial charge in [-0.15, -0.1) is 0 Å². The molecular formula is C19H20FN3O2. The Bertz CT molecular complexity index is 821. The van der Waals surface area contributed by atoms with Gasteiger partial charge in [-0.25, -0.2) is 4.39 Å². The number of hydrogen-bond acceptors (Lipinski definition) is 5. The van der Waals surface area contributed by atoms with Crippen LogP contribution >= 0.6 is 0 Å². The summed E-state index contributed by atoms with van der Waals surface area (Å²) in [5.74, 6) is 0.470. The summed E-state index contributed by atoms with van der Waals surface area (Å²) < 4.78 is 18.9. The first kappa shape index (κ1) is 17.3. The van der Waals surface area contributed by atoms with Gasteiger partial charge in [0.05, 0.1) is 6.54 Å². The van der Waals surface area contributed by atoms with Crippen molar-refractivity contribution < 1.29 is 14.0 Å². The normalized spacial score (nSPS) is 12.3. The van der Waals surface area contributed by atoms with E-state index in [0.717, 1.165) is 5.56 Å². The lowest BCUT2D eigenvalue weighted by Gasteiger charge is -2.16. The van der Waals surface area contributed by atoms with E-state index in [9.17, 15) is 9.50 Å². The Morgan fingerprint density at radius 3 is 2.72 bits per heavy atom. The van der Waals surface area contributed by atoms with Gasteiger partial charge in [0.25, 0.3) is 0 Å². The van der Waals surface area contributed by atoms with Crippen molar-refractivity contribution in [3.05, 3.63) is 71.4 Å². The summed E-state index contributed by atoms with van der Waals surface area (Å²) in [6, 6.07) is 14.7. The summed E-state index contributed by atoms with van der Waals surface area (Å²) in [5.41, 5.74) is 2.23. The van der Waals surface area contributed by atoms with E-state index in [1.165, 1.54) is 6.07 Å². The van der Waals surface area contributed by atoms with E-state index in [0.29, 0.717) is 35.8 Å². The van der Waals surface area contributed by atoms with Gasteiger partial charge in [0, 0.05) is 18.2 Å². The van der Waals surface area contributed by atoms with Crippen LogP contribution in [0.4, 0.5) is 4.39 Å². The highest BCUT2D eigenvalue weighted by Crippen LogP contribution is 2.20. The molecule has 3 rings (SSSR count). The molecule has 0 aliphatic heterocycles. The molecular weight excluding hydrogens is 321 g/mol. The predicted octanol–water partition coefficient (Wildman–Crippen LogP) is 3.40. The predicted molar refractivity (Wildman–Crippen MR) is 92.2 cm³/mol. The number of nitrogens with one attached hydrogen (secondary N) is 1. The van der Waals surface area contributed by atoms with Crippen LogP contribution in [-0.4, -0.2) is 21.9 Å². The molecule has 6 heteroatoms. The Balaban J connectivity index is 1.69. The van der Waals surface area contributed by atoms with Gasteiger partial charge in [-0.3, -0.25) is 0 Å².